The number of hydrogen-bond acceptors (Lipinski definition) is 5. The zero-order chi connectivity index (χ0) is 11.0. The summed E-state index contributed by atoms with van der Waals surface area (Å²) in [5, 5.41) is 18.5. The third-order valence-corrected chi connectivity index (χ3v) is 2.31. The summed E-state index contributed by atoms with van der Waals surface area (Å²) >= 11 is 3.17. The Morgan fingerprint density at radius 2 is 2.33 bits per heavy atom. The Bertz CT molecular complexity index is 438. The summed E-state index contributed by atoms with van der Waals surface area (Å²) in [6.45, 7) is 0. The summed E-state index contributed by atoms with van der Waals surface area (Å²) in [5.74, 6) is -0.944. The van der Waals surface area contributed by atoms with Crippen molar-refractivity contribution in [2.75, 3.05) is 0 Å². The molecule has 2 N–H and O–H groups in total. The van der Waals surface area contributed by atoms with Crippen molar-refractivity contribution in [2.24, 2.45) is 9.98 Å². The number of halogens is 1. The maximum absolute atomic E-state index is 10.7. The first-order valence-corrected chi connectivity index (χ1v) is 4.78. The zero-order valence-electron chi connectivity index (χ0n) is 7.33. The van der Waals surface area contributed by atoms with Gasteiger partial charge in [0.25, 0.3) is 0 Å². The number of aliphatic imine (C=N–C) groups is 2. The van der Waals surface area contributed by atoms with Crippen molar-refractivity contribution in [3.63, 3.8) is 0 Å². The third-order valence-electron chi connectivity index (χ3n) is 1.90. The molecule has 15 heavy (non-hydrogen) atoms. The second kappa shape index (κ2) is 3.59. The largest absolute Gasteiger partial charge is 0.478 e. The van der Waals surface area contributed by atoms with Crippen LogP contribution >= 0.6 is 15.9 Å². The summed E-state index contributed by atoms with van der Waals surface area (Å²) in [4.78, 5) is 19.7. The molecule has 2 aliphatic heterocycles. The highest BCUT2D eigenvalue weighted by atomic mass is 79.9. The number of allylic oxidation sites excluding steroid dienone is 1. The lowest BCUT2D eigenvalue weighted by Gasteiger charge is -2.29. The van der Waals surface area contributed by atoms with E-state index in [1.54, 1.807) is 0 Å². The minimum absolute atomic E-state index is 0.188. The second-order valence-corrected chi connectivity index (χ2v) is 3.79. The summed E-state index contributed by atoms with van der Waals surface area (Å²) in [6.07, 6.45) is 2.87. The highest BCUT2D eigenvalue weighted by Crippen LogP contribution is 2.21. The van der Waals surface area contributed by atoms with Crippen molar-refractivity contribution in [1.29, 1.82) is 0 Å². The van der Waals surface area contributed by atoms with Crippen molar-refractivity contribution in [3.05, 3.63) is 22.5 Å². The topological polar surface area (TPSA) is 85.5 Å². The Morgan fingerprint density at radius 3 is 3.00 bits per heavy atom. The number of rotatable bonds is 1. The van der Waals surface area contributed by atoms with Gasteiger partial charge in [0.05, 0.1) is 4.48 Å². The number of carboxylic acids is 1. The molecule has 0 radical (unpaired) electrons. The SMILES string of the molecule is O=C(O)C1=CN=C2N=CC(Br)=CN2[C@@H]1O. The van der Waals surface area contributed by atoms with Gasteiger partial charge in [-0.15, -0.1) is 0 Å². The molecule has 0 unspecified atom stereocenters. The van der Waals surface area contributed by atoms with Crippen LogP contribution in [0.5, 0.6) is 0 Å². The molecule has 0 aromatic carbocycles. The standard InChI is InChI=1S/C8H6BrN3O3/c9-4-1-10-8-11-2-5(7(14)15)6(13)12(8)3-4/h1-3,6,13H,(H,14,15)/t6-/m1/s1. The zero-order valence-corrected chi connectivity index (χ0v) is 8.92. The first-order valence-electron chi connectivity index (χ1n) is 3.98. The summed E-state index contributed by atoms with van der Waals surface area (Å²) < 4.78 is 0.632. The fourth-order valence-corrected chi connectivity index (χ4v) is 1.52. The lowest BCUT2D eigenvalue weighted by molar-refractivity contribution is -0.134. The first-order chi connectivity index (χ1) is 7.09. The van der Waals surface area contributed by atoms with E-state index in [0.29, 0.717) is 4.48 Å². The number of carbonyl (C=O) groups is 1. The Kier molecular flexibility index (Phi) is 2.41. The van der Waals surface area contributed by atoms with Gasteiger partial charge < -0.3 is 10.2 Å². The van der Waals surface area contributed by atoms with Gasteiger partial charge in [-0.3, -0.25) is 4.90 Å². The van der Waals surface area contributed by atoms with E-state index in [2.05, 4.69) is 25.9 Å². The normalized spacial score (nSPS) is 24.0. The average Bonchev–Trinajstić information content (AvgIpc) is 2.19. The van der Waals surface area contributed by atoms with Crippen LogP contribution in [0.2, 0.25) is 0 Å². The fourth-order valence-electron chi connectivity index (χ4n) is 1.20. The number of nitrogens with zero attached hydrogens (tertiary/aromatic N) is 3. The van der Waals surface area contributed by atoms with E-state index in [4.69, 9.17) is 5.11 Å². The van der Waals surface area contributed by atoms with E-state index in [1.165, 1.54) is 17.3 Å². The molecule has 1 atom stereocenters. The van der Waals surface area contributed by atoms with Crippen LogP contribution in [0.25, 0.3) is 0 Å². The molecule has 0 fully saturated rings. The van der Waals surface area contributed by atoms with Crippen LogP contribution in [-0.2, 0) is 4.79 Å². The summed E-state index contributed by atoms with van der Waals surface area (Å²) in [7, 11) is 0. The molecule has 2 aliphatic rings. The van der Waals surface area contributed by atoms with Crippen molar-refractivity contribution >= 4 is 34.1 Å². The van der Waals surface area contributed by atoms with E-state index in [9.17, 15) is 9.90 Å². The quantitative estimate of drug-likeness (QED) is 0.717. The maximum Gasteiger partial charge on any atom is 0.337 e. The van der Waals surface area contributed by atoms with Gasteiger partial charge in [-0.05, 0) is 15.9 Å². The van der Waals surface area contributed by atoms with E-state index < -0.39 is 12.2 Å². The predicted molar refractivity (Wildman–Crippen MR) is 56.5 cm³/mol. The molecular weight excluding hydrogens is 266 g/mol. The minimum atomic E-state index is -1.26. The number of aliphatic carboxylic acids is 1. The number of aliphatic hydroxyl groups excluding tert-OH is 1. The maximum atomic E-state index is 10.7. The van der Waals surface area contributed by atoms with Crippen molar-refractivity contribution < 1.29 is 15.0 Å². The van der Waals surface area contributed by atoms with Crippen LogP contribution in [0.3, 0.4) is 0 Å². The predicted octanol–water partition coefficient (Wildman–Crippen LogP) is 0.266. The van der Waals surface area contributed by atoms with Gasteiger partial charge >= 0.3 is 5.97 Å². The van der Waals surface area contributed by atoms with Crippen LogP contribution < -0.4 is 0 Å². The van der Waals surface area contributed by atoms with Crippen LogP contribution in [0.4, 0.5) is 0 Å². The summed E-state index contributed by atoms with van der Waals surface area (Å²) in [5.41, 5.74) is -0.188. The summed E-state index contributed by atoms with van der Waals surface area (Å²) in [6, 6.07) is 0. The lowest BCUT2D eigenvalue weighted by atomic mass is 10.2. The number of carboxylic acid groups (broad SMARTS) is 1. The van der Waals surface area contributed by atoms with Crippen LogP contribution in [0, 0.1) is 0 Å². The molecule has 0 spiro atoms. The molecule has 0 saturated carbocycles. The highest BCUT2D eigenvalue weighted by Gasteiger charge is 2.30. The van der Waals surface area contributed by atoms with Gasteiger partial charge in [-0.1, -0.05) is 0 Å². The minimum Gasteiger partial charge on any atom is -0.478 e. The molecule has 2 heterocycles. The number of aliphatic hydroxyl groups is 1. The van der Waals surface area contributed by atoms with Gasteiger partial charge in [0.2, 0.25) is 5.96 Å². The molecule has 6 nitrogen and oxygen atoms in total. The van der Waals surface area contributed by atoms with Crippen LogP contribution in [0.15, 0.2) is 32.4 Å². The van der Waals surface area contributed by atoms with Crippen LogP contribution in [0.1, 0.15) is 0 Å². The van der Waals surface area contributed by atoms with Gasteiger partial charge in [-0.25, -0.2) is 14.8 Å². The van der Waals surface area contributed by atoms with E-state index in [0.717, 1.165) is 6.20 Å². The van der Waals surface area contributed by atoms with Gasteiger partial charge in [-0.2, -0.15) is 0 Å². The molecule has 0 aliphatic carbocycles. The monoisotopic (exact) mass is 271 g/mol. The Morgan fingerprint density at radius 1 is 1.60 bits per heavy atom. The molecule has 0 saturated heterocycles. The molecule has 7 heteroatoms. The van der Waals surface area contributed by atoms with E-state index in [1.807, 2.05) is 0 Å². The Hall–Kier alpha value is -1.47. The molecule has 0 amide bonds. The number of fused-ring (bicyclic) bond motifs is 1. The molecular formula is C8H6BrN3O3. The Balaban J connectivity index is 2.40. The smallest absolute Gasteiger partial charge is 0.337 e. The highest BCUT2D eigenvalue weighted by molar-refractivity contribution is 9.12. The molecule has 78 valence electrons. The number of guanidine groups is 1. The van der Waals surface area contributed by atoms with Gasteiger partial charge in [0.15, 0.2) is 6.23 Å². The van der Waals surface area contributed by atoms with Crippen molar-refractivity contribution in [2.45, 2.75) is 6.23 Å². The molecule has 2 rings (SSSR count). The average molecular weight is 272 g/mol. The van der Waals surface area contributed by atoms with E-state index >= 15 is 0 Å². The molecule has 0 aromatic heterocycles. The third kappa shape index (κ3) is 1.71. The second-order valence-electron chi connectivity index (χ2n) is 2.87. The first kappa shape index (κ1) is 10.1. The van der Waals surface area contributed by atoms with Crippen LogP contribution in [-0.4, -0.2) is 39.5 Å². The Labute approximate surface area is 93.1 Å². The van der Waals surface area contributed by atoms with Crippen molar-refractivity contribution in [3.8, 4) is 0 Å². The molecule has 0 bridgehead atoms. The lowest BCUT2D eigenvalue weighted by Crippen LogP contribution is -2.42. The van der Waals surface area contributed by atoms with Gasteiger partial charge in [0, 0.05) is 18.6 Å². The van der Waals surface area contributed by atoms with Crippen molar-refractivity contribution in [1.82, 2.24) is 4.90 Å². The number of hydrogen-bond donors (Lipinski definition) is 2. The molecule has 0 aromatic rings. The van der Waals surface area contributed by atoms with E-state index in [-0.39, 0.29) is 11.5 Å². The fraction of sp³-hybridized carbons (Fsp3) is 0.125. The van der Waals surface area contributed by atoms with Gasteiger partial charge in [0.1, 0.15) is 5.57 Å².